The Bertz CT molecular complexity index is 1410. The van der Waals surface area contributed by atoms with Crippen LogP contribution in [0.5, 0.6) is 0 Å². The standard InChI is InChI=1S/C30H33N6/c1-35(2)20-21-8-10-24(11-9-21)29-28-19-32-16-17-36(28,31)30(34-29)25-13-12-23-14-15-26(33-27(23)18-25)22-6-4-3-5-7-22/h3-7,12-19,21,24H,8-11,20,31H2,1-2H3/q+1. The fraction of sp³-hybridized carbons (Fsp3) is 0.300. The van der Waals surface area contributed by atoms with Gasteiger partial charge < -0.3 is 4.90 Å². The molecule has 3 aliphatic rings. The van der Waals surface area contributed by atoms with E-state index < -0.39 is 0 Å². The summed E-state index contributed by atoms with van der Waals surface area (Å²) in [7, 11) is 4.33. The number of hydrogen-bond donors (Lipinski definition) is 1. The van der Waals surface area contributed by atoms with Crippen LogP contribution in [0.3, 0.4) is 0 Å². The van der Waals surface area contributed by atoms with E-state index in [-0.39, 0.29) is 4.59 Å². The van der Waals surface area contributed by atoms with Crippen molar-refractivity contribution in [1.82, 2.24) is 9.88 Å². The van der Waals surface area contributed by atoms with Crippen molar-refractivity contribution in [1.29, 1.82) is 0 Å². The first kappa shape index (κ1) is 23.0. The van der Waals surface area contributed by atoms with Crippen LogP contribution in [0.15, 0.2) is 94.4 Å². The Morgan fingerprint density at radius 3 is 2.50 bits per heavy atom. The van der Waals surface area contributed by atoms with Crippen molar-refractivity contribution >= 4 is 23.0 Å². The highest BCUT2D eigenvalue weighted by molar-refractivity contribution is 6.02. The Labute approximate surface area is 212 Å². The first-order chi connectivity index (χ1) is 17.5. The minimum absolute atomic E-state index is 0.0698. The average molecular weight is 478 g/mol. The number of nitrogens with zero attached hydrogens (tertiary/aromatic N) is 5. The Kier molecular flexibility index (Phi) is 5.88. The first-order valence-corrected chi connectivity index (χ1v) is 12.8. The summed E-state index contributed by atoms with van der Waals surface area (Å²) >= 11 is 0. The van der Waals surface area contributed by atoms with E-state index >= 15 is 0 Å². The Balaban J connectivity index is 1.35. The maximum absolute atomic E-state index is 7.04. The number of hydrogen-bond acceptors (Lipinski definition) is 5. The molecule has 1 saturated carbocycles. The van der Waals surface area contributed by atoms with E-state index in [1.807, 2.05) is 30.6 Å². The van der Waals surface area contributed by atoms with Crippen LogP contribution >= 0.6 is 0 Å². The second-order valence-electron chi connectivity index (χ2n) is 10.5. The Hall–Kier alpha value is -3.45. The van der Waals surface area contributed by atoms with Gasteiger partial charge in [-0.05, 0) is 63.9 Å². The lowest BCUT2D eigenvalue weighted by Crippen LogP contribution is -2.53. The van der Waals surface area contributed by atoms with E-state index in [0.29, 0.717) is 5.92 Å². The van der Waals surface area contributed by atoms with Crippen molar-refractivity contribution in [2.75, 3.05) is 20.6 Å². The summed E-state index contributed by atoms with van der Waals surface area (Å²) in [5.41, 5.74) is 6.11. The predicted octanol–water partition coefficient (Wildman–Crippen LogP) is 5.49. The number of amidine groups is 1. The minimum Gasteiger partial charge on any atom is -0.309 e. The van der Waals surface area contributed by atoms with Gasteiger partial charge in [0.05, 0.1) is 29.2 Å². The lowest BCUT2D eigenvalue weighted by molar-refractivity contribution is -0.750. The minimum atomic E-state index is 0.0698. The zero-order valence-electron chi connectivity index (χ0n) is 21.0. The number of fused-ring (bicyclic) bond motifs is 2. The molecular formula is C30H33N6+. The zero-order valence-corrected chi connectivity index (χ0v) is 21.0. The third-order valence-electron chi connectivity index (χ3n) is 7.70. The summed E-state index contributed by atoms with van der Waals surface area (Å²) in [6.07, 6.45) is 10.4. The van der Waals surface area contributed by atoms with Gasteiger partial charge in [-0.15, -0.1) is 4.59 Å². The summed E-state index contributed by atoms with van der Waals surface area (Å²) in [4.78, 5) is 17.0. The molecule has 0 saturated heterocycles. The van der Waals surface area contributed by atoms with Gasteiger partial charge >= 0.3 is 0 Å². The van der Waals surface area contributed by atoms with Gasteiger partial charge in [0, 0.05) is 23.4 Å². The van der Waals surface area contributed by atoms with Crippen molar-refractivity contribution in [2.24, 2.45) is 27.7 Å². The Morgan fingerprint density at radius 1 is 0.944 bits per heavy atom. The van der Waals surface area contributed by atoms with Gasteiger partial charge in [0.1, 0.15) is 11.9 Å². The molecule has 0 bridgehead atoms. The average Bonchev–Trinajstić information content (AvgIpc) is 3.21. The molecule has 1 aromatic heterocycles. The van der Waals surface area contributed by atoms with Gasteiger partial charge in [-0.1, -0.05) is 42.5 Å². The molecule has 6 nitrogen and oxygen atoms in total. The van der Waals surface area contributed by atoms with Crippen LogP contribution in [0, 0.1) is 11.8 Å². The fourth-order valence-corrected chi connectivity index (χ4v) is 5.87. The van der Waals surface area contributed by atoms with Gasteiger partial charge in [-0.2, -0.15) is 10.8 Å². The number of aliphatic imine (C=N–C) groups is 2. The highest BCUT2D eigenvalue weighted by atomic mass is 15.6. The molecule has 6 rings (SSSR count). The van der Waals surface area contributed by atoms with Crippen LogP contribution in [0.4, 0.5) is 0 Å². The Morgan fingerprint density at radius 2 is 1.72 bits per heavy atom. The van der Waals surface area contributed by atoms with Crippen LogP contribution in [-0.2, 0) is 0 Å². The molecule has 1 aliphatic carbocycles. The van der Waals surface area contributed by atoms with Crippen molar-refractivity contribution in [3.63, 3.8) is 0 Å². The summed E-state index contributed by atoms with van der Waals surface area (Å²) < 4.78 is 0.0698. The molecule has 182 valence electrons. The SMILES string of the molecule is CN(C)CC1CCC(C2=C3C=NC=C[N+]3(N)C(c3ccc4ccc(-c5ccccc5)nc4c3)=N2)CC1. The first-order valence-electron chi connectivity index (χ1n) is 12.8. The van der Waals surface area contributed by atoms with E-state index in [1.54, 1.807) is 6.20 Å². The molecule has 1 unspecified atom stereocenters. The van der Waals surface area contributed by atoms with Crippen LogP contribution in [0.2, 0.25) is 0 Å². The van der Waals surface area contributed by atoms with Crippen LogP contribution in [-0.4, -0.2) is 47.2 Å². The molecule has 2 aliphatic heterocycles. The number of rotatable bonds is 5. The molecule has 0 spiro atoms. The predicted molar refractivity (Wildman–Crippen MR) is 147 cm³/mol. The molecule has 0 amide bonds. The number of pyridine rings is 1. The van der Waals surface area contributed by atoms with Crippen LogP contribution in [0.1, 0.15) is 31.2 Å². The summed E-state index contributed by atoms with van der Waals surface area (Å²) in [5, 5.41) is 1.10. The van der Waals surface area contributed by atoms with Crippen molar-refractivity contribution in [2.45, 2.75) is 25.7 Å². The van der Waals surface area contributed by atoms with Crippen LogP contribution < -0.4 is 5.84 Å². The van der Waals surface area contributed by atoms with Crippen molar-refractivity contribution in [3.8, 4) is 11.3 Å². The lowest BCUT2D eigenvalue weighted by atomic mass is 9.80. The van der Waals surface area contributed by atoms with E-state index in [4.69, 9.17) is 15.8 Å². The molecule has 2 aromatic carbocycles. The molecule has 3 heterocycles. The number of quaternary nitrogens is 1. The second-order valence-corrected chi connectivity index (χ2v) is 10.5. The summed E-state index contributed by atoms with van der Waals surface area (Å²) in [5.74, 6) is 9.05. The number of nitrogens with two attached hydrogens (primary N) is 1. The highest BCUT2D eigenvalue weighted by Gasteiger charge is 2.46. The summed E-state index contributed by atoms with van der Waals surface area (Å²) in [6.45, 7) is 1.16. The van der Waals surface area contributed by atoms with Gasteiger partial charge in [-0.3, -0.25) is 4.99 Å². The quantitative estimate of drug-likeness (QED) is 0.390. The second kappa shape index (κ2) is 9.21. The smallest absolute Gasteiger partial charge is 0.264 e. The molecule has 1 atom stereocenters. The molecule has 1 fully saturated rings. The number of aromatic nitrogens is 1. The highest BCUT2D eigenvalue weighted by Crippen LogP contribution is 2.41. The molecule has 3 aromatic rings. The molecule has 36 heavy (non-hydrogen) atoms. The fourth-order valence-electron chi connectivity index (χ4n) is 5.87. The van der Waals surface area contributed by atoms with Gasteiger partial charge in [0.15, 0.2) is 0 Å². The normalized spacial score (nSPS) is 25.5. The van der Waals surface area contributed by atoms with Crippen molar-refractivity contribution < 1.29 is 4.59 Å². The maximum atomic E-state index is 7.04. The zero-order chi connectivity index (χ0) is 24.7. The topological polar surface area (TPSA) is 66.9 Å². The number of allylic oxidation sites excluding steroid dienone is 2. The van der Waals surface area contributed by atoms with Gasteiger partial charge in [0.25, 0.3) is 5.84 Å². The van der Waals surface area contributed by atoms with Crippen molar-refractivity contribution in [3.05, 3.63) is 90.0 Å². The number of benzene rings is 2. The summed E-state index contributed by atoms with van der Waals surface area (Å²) in [6, 6.07) is 20.9. The van der Waals surface area contributed by atoms with Crippen LogP contribution in [0.25, 0.3) is 22.2 Å². The largest absolute Gasteiger partial charge is 0.309 e. The van der Waals surface area contributed by atoms with Gasteiger partial charge in [-0.25, -0.2) is 4.98 Å². The lowest BCUT2D eigenvalue weighted by Gasteiger charge is -2.30. The third-order valence-corrected chi connectivity index (χ3v) is 7.70. The third kappa shape index (κ3) is 4.11. The maximum Gasteiger partial charge on any atom is 0.264 e. The van der Waals surface area contributed by atoms with E-state index in [1.165, 1.54) is 12.8 Å². The molecule has 0 radical (unpaired) electrons. The molecule has 2 N–H and O–H groups in total. The monoisotopic (exact) mass is 477 g/mol. The van der Waals surface area contributed by atoms with E-state index in [9.17, 15) is 0 Å². The van der Waals surface area contributed by atoms with E-state index in [0.717, 1.165) is 70.3 Å². The van der Waals surface area contributed by atoms with Gasteiger partial charge in [0.2, 0.25) is 5.70 Å². The molecule has 6 heteroatoms. The van der Waals surface area contributed by atoms with E-state index in [2.05, 4.69) is 66.5 Å². The molecular weight excluding hydrogens is 444 g/mol.